The third-order valence-corrected chi connectivity index (χ3v) is 28.8. The minimum Gasteiger partial charge on any atom is -0.504 e. The van der Waals surface area contributed by atoms with Gasteiger partial charge in [-0.2, -0.15) is 10.5 Å². The smallest absolute Gasteiger partial charge is 0.332 e. The summed E-state index contributed by atoms with van der Waals surface area (Å²) < 4.78 is 72.6. The number of nitrogens with zero attached hydrogens (tertiary/aromatic N) is 8. The highest BCUT2D eigenvalue weighted by atomic mass is 32.2. The van der Waals surface area contributed by atoms with Crippen molar-refractivity contribution in [3.63, 3.8) is 0 Å². The van der Waals surface area contributed by atoms with Crippen LogP contribution in [0.3, 0.4) is 0 Å². The summed E-state index contributed by atoms with van der Waals surface area (Å²) in [6.45, 7) is 10.7. The molecular formula is C85H100N8O20S2. The molecule has 6 aromatic carbocycles. The van der Waals surface area contributed by atoms with Crippen LogP contribution in [0.1, 0.15) is 160 Å². The first kappa shape index (κ1) is 81.8. The summed E-state index contributed by atoms with van der Waals surface area (Å²) in [5.41, 5.74) is 9.06. The average molecular weight is 1620 g/mol. The van der Waals surface area contributed by atoms with Gasteiger partial charge in [0.25, 0.3) is 0 Å². The van der Waals surface area contributed by atoms with Crippen LogP contribution in [0.2, 0.25) is 0 Å². The van der Waals surface area contributed by atoms with E-state index in [2.05, 4.69) is 31.7 Å². The van der Waals surface area contributed by atoms with Crippen LogP contribution in [0.25, 0.3) is 0 Å². The van der Waals surface area contributed by atoms with Crippen LogP contribution in [-0.2, 0) is 65.4 Å². The van der Waals surface area contributed by atoms with Crippen LogP contribution in [0.15, 0.2) is 36.4 Å². The van der Waals surface area contributed by atoms with Gasteiger partial charge in [0, 0.05) is 107 Å². The minimum absolute atomic E-state index is 0. The number of phenolic OH excluding ortho intramolecular Hbond substituents is 4. The molecule has 14 heterocycles. The number of hydrogen-bond acceptors (Lipinski definition) is 30. The number of nitriles is 2. The standard InChI is InChI=1S/2C41H44N4O10S.3CH4/c2*1-18-10-22-11-24-25(14-42)45-26-15-52-40(49)41(23-13-28(50-6)27(47)12-21(23)8-9-43(41)4)16-56-39(33(45)32(44(24)5)29(22)34(48)35(18)51-7)31-30(26)38-37(53-17-54-38)19(2)36(31)55-20(3)46;;;/h2*10,12-13,24-26,32-33,39,47-48H,8-9,11,15-17H2,1-7H3;3*1H4/t2*24-,25-,26-,32+,33?,39+,41+;;;/m00.../s1. The Hall–Kier alpha value is -9.76. The number of aromatic hydroxyl groups is 4. The highest BCUT2D eigenvalue weighted by molar-refractivity contribution is 7.99. The number of benzene rings is 6. The predicted molar refractivity (Wildman–Crippen MR) is 425 cm³/mol. The van der Waals surface area contributed by atoms with Gasteiger partial charge in [-0.15, -0.1) is 23.5 Å². The van der Waals surface area contributed by atoms with Crippen molar-refractivity contribution in [3.8, 4) is 92.6 Å². The zero-order valence-corrected chi connectivity index (χ0v) is 66.2. The zero-order valence-electron chi connectivity index (χ0n) is 64.6. The molecule has 14 aliphatic rings. The molecule has 0 aromatic heterocycles. The fourth-order valence-corrected chi connectivity index (χ4v) is 24.6. The molecule has 0 amide bonds. The monoisotopic (exact) mass is 1620 g/mol. The average Bonchev–Trinajstić information content (AvgIpc) is 1.39. The maximum absolute atomic E-state index is 15.0. The van der Waals surface area contributed by atoms with Gasteiger partial charge in [0.2, 0.25) is 13.6 Å². The van der Waals surface area contributed by atoms with E-state index in [0.29, 0.717) is 140 Å². The summed E-state index contributed by atoms with van der Waals surface area (Å²) in [6, 6.07) is 10.7. The molecule has 8 bridgehead atoms. The molecule has 28 nitrogen and oxygen atoms in total. The maximum atomic E-state index is 15.0. The van der Waals surface area contributed by atoms with Gasteiger partial charge in [0.05, 0.1) is 75.2 Å². The van der Waals surface area contributed by atoms with Gasteiger partial charge in [-0.25, -0.2) is 9.59 Å². The van der Waals surface area contributed by atoms with Crippen molar-refractivity contribution >= 4 is 47.4 Å². The van der Waals surface area contributed by atoms with E-state index in [0.717, 1.165) is 33.4 Å². The van der Waals surface area contributed by atoms with Crippen molar-refractivity contribution in [1.82, 2.24) is 29.4 Å². The molecule has 0 aliphatic carbocycles. The summed E-state index contributed by atoms with van der Waals surface area (Å²) in [6.07, 6.45) is 2.15. The Bertz CT molecular complexity index is 4830. The first-order valence-corrected chi connectivity index (χ1v) is 39.5. The number of phenols is 4. The molecule has 6 aromatic rings. The largest absolute Gasteiger partial charge is 0.504 e. The van der Waals surface area contributed by atoms with Gasteiger partial charge in [-0.1, -0.05) is 34.4 Å². The van der Waals surface area contributed by atoms with E-state index >= 15 is 0 Å². The van der Waals surface area contributed by atoms with E-state index < -0.39 is 93.8 Å². The Morgan fingerprint density at radius 1 is 0.504 bits per heavy atom. The lowest BCUT2D eigenvalue weighted by Gasteiger charge is -2.62. The molecule has 4 saturated heterocycles. The van der Waals surface area contributed by atoms with Crippen molar-refractivity contribution in [2.45, 2.75) is 172 Å². The number of ether oxygens (including phenoxy) is 12. The van der Waals surface area contributed by atoms with E-state index in [1.54, 1.807) is 24.3 Å². The molecule has 0 radical (unpaired) electrons. The van der Waals surface area contributed by atoms with E-state index in [-0.39, 0.29) is 107 Å². The number of carbonyl (C=O) groups is 4. The second-order valence-electron chi connectivity index (χ2n) is 31.1. The number of hydrogen-bond donors (Lipinski definition) is 4. The SMILES string of the molecule is C.C.C.COc1cc2c(cc1O)CCN(C)[C@]21CS[C@@H]2c3c(OC(C)=O)c(C)c4c(c3[C@H](COC1=O)N1C2[C@H]2c3c(cc(C)c(OC)c3O)C[C@@H]([C@@H]1C#N)N2C)OCO4.COc1cc2c(cc1O)CCN(C)[C@]21CS[C@@H]2c3c(OC(C)=O)c(C)c4c(c3[C@H](COC1=O)N1C2[C@H]2c3c(cc(C)c(OC)c3O)C[C@@H]([C@@H]1C#N)N2C)OCO4. The summed E-state index contributed by atoms with van der Waals surface area (Å²) in [4.78, 5) is 68.6. The van der Waals surface area contributed by atoms with E-state index in [1.165, 1.54) is 65.8 Å². The fraction of sp³-hybridized carbons (Fsp3) is 0.506. The van der Waals surface area contributed by atoms with E-state index in [9.17, 15) is 50.1 Å². The lowest BCUT2D eigenvalue weighted by Crippen LogP contribution is -2.69. The first-order valence-electron chi connectivity index (χ1n) is 37.4. The fourth-order valence-electron chi connectivity index (χ4n) is 21.0. The van der Waals surface area contributed by atoms with Crippen LogP contribution in [0.5, 0.6) is 80.5 Å². The van der Waals surface area contributed by atoms with E-state index in [4.69, 9.17) is 56.8 Å². The number of thioether (sulfide) groups is 2. The summed E-state index contributed by atoms with van der Waals surface area (Å²) in [7, 11) is 13.8. The molecule has 2 unspecified atom stereocenters. The summed E-state index contributed by atoms with van der Waals surface area (Å²) in [5, 5.41) is 67.0. The Morgan fingerprint density at radius 3 is 1.23 bits per heavy atom. The van der Waals surface area contributed by atoms with Gasteiger partial charge in [0.1, 0.15) is 36.8 Å². The molecule has 14 atom stereocenters. The second kappa shape index (κ2) is 30.1. The van der Waals surface area contributed by atoms with Crippen LogP contribution in [0, 0.1) is 50.4 Å². The molecule has 4 N–H and O–H groups in total. The van der Waals surface area contributed by atoms with E-state index in [1.807, 2.05) is 77.8 Å². The third kappa shape index (κ3) is 11.6. The molecule has 612 valence electrons. The van der Waals surface area contributed by atoms with Gasteiger partial charge < -0.3 is 77.3 Å². The molecule has 4 fully saturated rings. The molecule has 14 aliphatic heterocycles. The van der Waals surface area contributed by atoms with Crippen LogP contribution < -0.4 is 47.4 Å². The topological polar surface area (TPSA) is 327 Å². The van der Waals surface area contributed by atoms with Crippen molar-refractivity contribution in [2.24, 2.45) is 0 Å². The highest BCUT2D eigenvalue weighted by Crippen LogP contribution is 2.68. The molecule has 30 heteroatoms. The van der Waals surface area contributed by atoms with Gasteiger partial charge >= 0.3 is 23.9 Å². The Labute approximate surface area is 677 Å². The van der Waals surface area contributed by atoms with Crippen molar-refractivity contribution in [1.29, 1.82) is 10.5 Å². The first-order chi connectivity index (χ1) is 53.7. The molecular weight excluding hydrogens is 1520 g/mol. The number of aryl methyl sites for hydroxylation is 2. The second-order valence-corrected chi connectivity index (χ2v) is 33.3. The minimum atomic E-state index is -1.32. The Kier molecular flexibility index (Phi) is 21.4. The number of piperazine rings is 2. The molecule has 2 spiro atoms. The quantitative estimate of drug-likeness (QED) is 0.0889. The summed E-state index contributed by atoms with van der Waals surface area (Å²) in [5.74, 6) is 2.14. The summed E-state index contributed by atoms with van der Waals surface area (Å²) >= 11 is 3.01. The normalized spacial score (nSPS) is 28.2. The number of fused-ring (bicyclic) bond motifs is 18. The third-order valence-electron chi connectivity index (χ3n) is 25.9. The van der Waals surface area contributed by atoms with Gasteiger partial charge in [-0.05, 0) is 150 Å². The number of carbonyl (C=O) groups excluding carboxylic acids is 4. The number of rotatable bonds is 6. The Balaban J connectivity index is 0.000000185. The van der Waals surface area contributed by atoms with Gasteiger partial charge in [0.15, 0.2) is 80.1 Å². The van der Waals surface area contributed by atoms with Crippen molar-refractivity contribution < 1.29 is 96.4 Å². The lowest BCUT2D eigenvalue weighted by molar-refractivity contribution is -0.164. The zero-order chi connectivity index (χ0) is 79.1. The van der Waals surface area contributed by atoms with Crippen LogP contribution in [0.4, 0.5) is 0 Å². The Morgan fingerprint density at radius 2 is 0.878 bits per heavy atom. The van der Waals surface area contributed by atoms with Crippen LogP contribution >= 0.6 is 23.5 Å². The predicted octanol–water partition coefficient (Wildman–Crippen LogP) is 10.6. The highest BCUT2D eigenvalue weighted by Gasteiger charge is 2.65. The maximum Gasteiger partial charge on any atom is 0.332 e. The number of likely N-dealkylation sites (N-methyl/N-ethyl adjacent to an activating group) is 4. The lowest BCUT2D eigenvalue weighted by atomic mass is 9.71. The molecule has 20 rings (SSSR count). The number of esters is 4. The molecule has 115 heavy (non-hydrogen) atoms. The van der Waals surface area contributed by atoms with Crippen molar-refractivity contribution in [2.75, 3.05) is 108 Å². The number of methoxy groups -OCH3 is 4. The van der Waals surface area contributed by atoms with Crippen LogP contribution in [-0.4, -0.2) is 218 Å². The molecule has 0 saturated carbocycles. The van der Waals surface area contributed by atoms with Gasteiger partial charge in [-0.3, -0.25) is 39.0 Å². The van der Waals surface area contributed by atoms with Crippen molar-refractivity contribution in [3.05, 3.63) is 125 Å².